The van der Waals surface area contributed by atoms with Gasteiger partial charge in [-0.15, -0.1) is 0 Å². The van der Waals surface area contributed by atoms with E-state index in [-0.39, 0.29) is 24.3 Å². The van der Waals surface area contributed by atoms with E-state index in [1.807, 2.05) is 20.8 Å². The molecule has 0 aromatic rings. The maximum atomic E-state index is 12.0. The van der Waals surface area contributed by atoms with Gasteiger partial charge in [0.15, 0.2) is 0 Å². The van der Waals surface area contributed by atoms with E-state index in [0.29, 0.717) is 26.2 Å². The zero-order chi connectivity index (χ0) is 15.1. The second-order valence-electron chi connectivity index (χ2n) is 5.00. The molecule has 1 heterocycles. The van der Waals surface area contributed by atoms with Crippen LogP contribution in [0, 0.1) is 5.92 Å². The van der Waals surface area contributed by atoms with Gasteiger partial charge in [0.05, 0.1) is 0 Å². The highest BCUT2D eigenvalue weighted by Gasteiger charge is 2.40. The minimum Gasteiger partial charge on any atom is -0.382 e. The first-order valence-electron chi connectivity index (χ1n) is 6.93. The Bertz CT molecular complexity index is 371. The van der Waals surface area contributed by atoms with Crippen molar-refractivity contribution in [2.75, 3.05) is 26.3 Å². The number of rotatable bonds is 8. The summed E-state index contributed by atoms with van der Waals surface area (Å²) in [4.78, 5) is 36.2. The summed E-state index contributed by atoms with van der Waals surface area (Å²) in [6.07, 6.45) is 0.703. The predicted molar refractivity (Wildman–Crippen MR) is 73.0 cm³/mol. The highest BCUT2D eigenvalue weighted by molar-refractivity contribution is 6.06. The third-order valence-electron chi connectivity index (χ3n) is 3.02. The van der Waals surface area contributed by atoms with Crippen LogP contribution < -0.4 is 10.6 Å². The summed E-state index contributed by atoms with van der Waals surface area (Å²) in [6.45, 7) is 7.06. The minimum atomic E-state index is -0.534. The topological polar surface area (TPSA) is 87.7 Å². The summed E-state index contributed by atoms with van der Waals surface area (Å²) in [5, 5.41) is 5.24. The molecule has 0 radical (unpaired) electrons. The molecule has 114 valence electrons. The zero-order valence-corrected chi connectivity index (χ0v) is 12.3. The van der Waals surface area contributed by atoms with Gasteiger partial charge in [0, 0.05) is 19.8 Å². The summed E-state index contributed by atoms with van der Waals surface area (Å²) in [5.41, 5.74) is 0. The Balaban J connectivity index is 2.34. The molecular formula is C13H23N3O4. The van der Waals surface area contributed by atoms with Gasteiger partial charge < -0.3 is 15.4 Å². The lowest BCUT2D eigenvalue weighted by atomic mass is 10.1. The summed E-state index contributed by atoms with van der Waals surface area (Å²) >= 11 is 0. The average molecular weight is 285 g/mol. The highest BCUT2D eigenvalue weighted by Crippen LogP contribution is 2.13. The van der Waals surface area contributed by atoms with E-state index in [0.717, 1.165) is 4.90 Å². The smallest absolute Gasteiger partial charge is 0.325 e. The van der Waals surface area contributed by atoms with Crippen LogP contribution in [0.15, 0.2) is 0 Å². The van der Waals surface area contributed by atoms with Gasteiger partial charge in [0.25, 0.3) is 5.91 Å². The lowest BCUT2D eigenvalue weighted by Gasteiger charge is -2.14. The molecule has 1 atom stereocenters. The van der Waals surface area contributed by atoms with Crippen molar-refractivity contribution in [2.45, 2.75) is 33.2 Å². The first-order valence-corrected chi connectivity index (χ1v) is 6.93. The number of hydrogen-bond donors (Lipinski definition) is 2. The molecule has 0 spiro atoms. The quantitative estimate of drug-likeness (QED) is 0.489. The van der Waals surface area contributed by atoms with E-state index in [1.54, 1.807) is 0 Å². The van der Waals surface area contributed by atoms with Gasteiger partial charge in [0.1, 0.15) is 12.6 Å². The molecule has 0 aromatic heterocycles. The van der Waals surface area contributed by atoms with Gasteiger partial charge in [-0.1, -0.05) is 13.8 Å². The molecule has 1 saturated heterocycles. The maximum Gasteiger partial charge on any atom is 0.325 e. The molecular weight excluding hydrogens is 262 g/mol. The molecule has 7 nitrogen and oxygen atoms in total. The first kappa shape index (κ1) is 16.4. The predicted octanol–water partition coefficient (Wildman–Crippen LogP) is 0.106. The Labute approximate surface area is 119 Å². The average Bonchev–Trinajstić information content (AvgIpc) is 2.66. The third kappa shape index (κ3) is 4.48. The zero-order valence-electron chi connectivity index (χ0n) is 12.3. The molecule has 0 aromatic carbocycles. The van der Waals surface area contributed by atoms with Gasteiger partial charge >= 0.3 is 6.03 Å². The summed E-state index contributed by atoms with van der Waals surface area (Å²) < 4.78 is 5.14. The van der Waals surface area contributed by atoms with Crippen LogP contribution in [0.3, 0.4) is 0 Å². The van der Waals surface area contributed by atoms with E-state index in [1.165, 1.54) is 0 Å². The molecule has 0 bridgehead atoms. The number of urea groups is 1. The summed E-state index contributed by atoms with van der Waals surface area (Å²) in [6, 6.07) is -1.04. The second kappa shape index (κ2) is 7.84. The van der Waals surface area contributed by atoms with Gasteiger partial charge in [-0.05, 0) is 19.3 Å². The molecule has 0 aliphatic carbocycles. The SMILES string of the molecule is CCOCCCNC(=O)CN1C(=O)N[C@@H](C(C)C)C1=O. The monoisotopic (exact) mass is 285 g/mol. The van der Waals surface area contributed by atoms with Crippen LogP contribution in [0.4, 0.5) is 4.79 Å². The number of amides is 4. The number of nitrogens with zero attached hydrogens (tertiary/aromatic N) is 1. The van der Waals surface area contributed by atoms with E-state index >= 15 is 0 Å². The Morgan fingerprint density at radius 2 is 2.15 bits per heavy atom. The number of hydrogen-bond acceptors (Lipinski definition) is 4. The van der Waals surface area contributed by atoms with E-state index in [9.17, 15) is 14.4 Å². The van der Waals surface area contributed by atoms with Crippen molar-refractivity contribution in [3.8, 4) is 0 Å². The van der Waals surface area contributed by atoms with E-state index in [2.05, 4.69) is 10.6 Å². The van der Waals surface area contributed by atoms with Gasteiger partial charge in [0.2, 0.25) is 5.91 Å². The Hall–Kier alpha value is -1.63. The molecule has 1 rings (SSSR count). The standard InChI is InChI=1S/C13H23N3O4/c1-4-20-7-5-6-14-10(17)8-16-12(18)11(9(2)3)15-13(16)19/h9,11H,4-8H2,1-3H3,(H,14,17)(H,15,19)/t11-/m0/s1. The normalized spacial score (nSPS) is 18.6. The fourth-order valence-electron chi connectivity index (χ4n) is 1.89. The Morgan fingerprint density at radius 1 is 1.45 bits per heavy atom. The maximum absolute atomic E-state index is 12.0. The Morgan fingerprint density at radius 3 is 2.70 bits per heavy atom. The van der Waals surface area contributed by atoms with Crippen LogP contribution in [0.5, 0.6) is 0 Å². The molecule has 4 amide bonds. The van der Waals surface area contributed by atoms with Crippen LogP contribution in [-0.2, 0) is 14.3 Å². The van der Waals surface area contributed by atoms with Gasteiger partial charge in [-0.25, -0.2) is 4.79 Å². The fraction of sp³-hybridized carbons (Fsp3) is 0.769. The molecule has 1 fully saturated rings. The number of nitrogens with one attached hydrogen (secondary N) is 2. The number of ether oxygens (including phenoxy) is 1. The van der Waals surface area contributed by atoms with Crippen molar-refractivity contribution in [2.24, 2.45) is 5.92 Å². The largest absolute Gasteiger partial charge is 0.382 e. The molecule has 0 unspecified atom stereocenters. The van der Waals surface area contributed by atoms with Crippen molar-refractivity contribution in [1.29, 1.82) is 0 Å². The van der Waals surface area contributed by atoms with E-state index < -0.39 is 12.1 Å². The van der Waals surface area contributed by atoms with Gasteiger partial charge in [-0.3, -0.25) is 14.5 Å². The van der Waals surface area contributed by atoms with Gasteiger partial charge in [-0.2, -0.15) is 0 Å². The molecule has 1 aliphatic heterocycles. The van der Waals surface area contributed by atoms with E-state index in [4.69, 9.17) is 4.74 Å². The van der Waals surface area contributed by atoms with Crippen LogP contribution >= 0.6 is 0 Å². The van der Waals surface area contributed by atoms with Crippen LogP contribution in [0.1, 0.15) is 27.2 Å². The van der Waals surface area contributed by atoms with Crippen LogP contribution in [0.2, 0.25) is 0 Å². The molecule has 1 aliphatic rings. The fourth-order valence-corrected chi connectivity index (χ4v) is 1.89. The molecule has 2 N–H and O–H groups in total. The first-order chi connectivity index (χ1) is 9.47. The summed E-state index contributed by atoms with van der Waals surface area (Å²) in [7, 11) is 0. The van der Waals surface area contributed by atoms with Crippen LogP contribution in [-0.4, -0.2) is 55.1 Å². The van der Waals surface area contributed by atoms with Crippen molar-refractivity contribution >= 4 is 17.8 Å². The second-order valence-corrected chi connectivity index (χ2v) is 5.00. The third-order valence-corrected chi connectivity index (χ3v) is 3.02. The van der Waals surface area contributed by atoms with Crippen LogP contribution in [0.25, 0.3) is 0 Å². The van der Waals surface area contributed by atoms with Crippen molar-refractivity contribution in [1.82, 2.24) is 15.5 Å². The summed E-state index contributed by atoms with van der Waals surface area (Å²) in [5.74, 6) is -0.672. The molecule has 7 heteroatoms. The van der Waals surface area contributed by atoms with Crippen molar-refractivity contribution in [3.63, 3.8) is 0 Å². The lowest BCUT2D eigenvalue weighted by molar-refractivity contribution is -0.132. The highest BCUT2D eigenvalue weighted by atomic mass is 16.5. The molecule has 0 saturated carbocycles. The minimum absolute atomic E-state index is 0.00528. The molecule has 20 heavy (non-hydrogen) atoms. The number of carbonyl (C=O) groups excluding carboxylic acids is 3. The van der Waals surface area contributed by atoms with Crippen molar-refractivity contribution in [3.05, 3.63) is 0 Å². The van der Waals surface area contributed by atoms with Crippen molar-refractivity contribution < 1.29 is 19.1 Å². The number of imide groups is 1. The lowest BCUT2D eigenvalue weighted by Crippen LogP contribution is -2.41. The Kier molecular flexibility index (Phi) is 6.44. The number of carbonyl (C=O) groups is 3.